The third kappa shape index (κ3) is 54.5. The standard InChI is InChI=1S/C84H141Cl6O10P/c1-4-7-10-13-16-19-22-25-28-31-34-37-40-43-46-49-58-92-67-76(95-64-73-52-55-79(85)82(88)61-73)70-98-101(91,99-71-77(96-65-74-53-56-80(86)83(89)62-74)68-93-59-50-47-44-41-38-35-32-29-26-23-20-17-14-11-8-5-2)100-72-78(97-66-75-54-57-81(87)84(90)63-75)69-94-60-51-48-45-42-39-36-33-30-27-24-21-18-15-12-9-6-3/h52-57,61-63,76-78H,4-51,58-60,64-72H2,1-3H3/t76-,77-,78-/m1/s1. The van der Waals surface area contributed by atoms with E-state index in [1.165, 1.54) is 270 Å². The zero-order valence-corrected chi connectivity index (χ0v) is 69.1. The second-order valence-corrected chi connectivity index (χ2v) is 32.6. The van der Waals surface area contributed by atoms with Gasteiger partial charge >= 0.3 is 7.82 Å². The maximum absolute atomic E-state index is 15.5. The highest BCUT2D eigenvalue weighted by atomic mass is 35.5. The topological polar surface area (TPSA) is 100 Å². The van der Waals surface area contributed by atoms with E-state index >= 15 is 4.57 Å². The van der Waals surface area contributed by atoms with Gasteiger partial charge in [0.05, 0.1) is 89.6 Å². The van der Waals surface area contributed by atoms with Gasteiger partial charge in [-0.05, 0) is 72.4 Å². The Hall–Kier alpha value is -0.730. The van der Waals surface area contributed by atoms with Crippen molar-refractivity contribution < 1.29 is 46.6 Å². The largest absolute Gasteiger partial charge is 0.475 e. The van der Waals surface area contributed by atoms with Crippen molar-refractivity contribution in [2.75, 3.05) is 59.5 Å². The summed E-state index contributed by atoms with van der Waals surface area (Å²) < 4.78 is 73.0. The quantitative estimate of drug-likeness (QED) is 0.0401. The number of hydrogen-bond donors (Lipinski definition) is 0. The fourth-order valence-corrected chi connectivity index (χ4v) is 14.7. The van der Waals surface area contributed by atoms with Crippen molar-refractivity contribution >= 4 is 77.4 Å². The minimum Gasteiger partial charge on any atom is -0.379 e. The Morgan fingerprint density at radius 3 is 0.634 bits per heavy atom. The van der Waals surface area contributed by atoms with Crippen molar-refractivity contribution in [3.63, 3.8) is 0 Å². The van der Waals surface area contributed by atoms with Gasteiger partial charge < -0.3 is 28.4 Å². The molecule has 0 aliphatic carbocycles. The minimum atomic E-state index is -4.47. The van der Waals surface area contributed by atoms with E-state index in [0.717, 1.165) is 55.2 Å². The van der Waals surface area contributed by atoms with Gasteiger partial charge in [-0.25, -0.2) is 4.57 Å². The molecule has 0 N–H and O–H groups in total. The fourth-order valence-electron chi connectivity index (χ4n) is 12.5. The van der Waals surface area contributed by atoms with Crippen LogP contribution in [0.4, 0.5) is 0 Å². The van der Waals surface area contributed by atoms with Crippen LogP contribution >= 0.6 is 77.4 Å². The summed E-state index contributed by atoms with van der Waals surface area (Å²) in [6, 6.07) is 16.1. The van der Waals surface area contributed by atoms with Crippen molar-refractivity contribution in [3.05, 3.63) is 101 Å². The summed E-state index contributed by atoms with van der Waals surface area (Å²) in [4.78, 5) is 0. The molecule has 0 aliphatic heterocycles. The fraction of sp³-hybridized carbons (Fsp3) is 0.786. The van der Waals surface area contributed by atoms with Crippen LogP contribution in [0.15, 0.2) is 54.6 Å². The van der Waals surface area contributed by atoms with Crippen LogP contribution in [0.25, 0.3) is 0 Å². The van der Waals surface area contributed by atoms with E-state index in [9.17, 15) is 0 Å². The summed E-state index contributed by atoms with van der Waals surface area (Å²) in [5.74, 6) is 0. The summed E-state index contributed by atoms with van der Waals surface area (Å²) in [6.07, 6.45) is 59.9. The normalized spacial score (nSPS) is 12.9. The van der Waals surface area contributed by atoms with Gasteiger partial charge in [-0.1, -0.05) is 398 Å². The summed E-state index contributed by atoms with van der Waals surface area (Å²) in [5, 5.41) is 2.59. The molecule has 0 fully saturated rings. The van der Waals surface area contributed by atoms with Crippen LogP contribution in [-0.2, 0) is 66.4 Å². The Morgan fingerprint density at radius 1 is 0.257 bits per heavy atom. The predicted octanol–water partition coefficient (Wildman–Crippen LogP) is 29.7. The molecule has 0 heterocycles. The van der Waals surface area contributed by atoms with E-state index in [1.807, 2.05) is 18.2 Å². The van der Waals surface area contributed by atoms with E-state index in [0.29, 0.717) is 50.0 Å². The highest BCUT2D eigenvalue weighted by molar-refractivity contribution is 7.48. The molecule has 0 saturated carbocycles. The van der Waals surface area contributed by atoms with Gasteiger partial charge in [0.1, 0.15) is 18.3 Å². The smallest absolute Gasteiger partial charge is 0.379 e. The van der Waals surface area contributed by atoms with Gasteiger partial charge in [-0.3, -0.25) is 13.6 Å². The molecule has 0 amide bonds. The van der Waals surface area contributed by atoms with Gasteiger partial charge in [-0.2, -0.15) is 0 Å². The predicted molar refractivity (Wildman–Crippen MR) is 432 cm³/mol. The molecule has 10 nitrogen and oxygen atoms in total. The zero-order chi connectivity index (χ0) is 72.6. The Morgan fingerprint density at radius 2 is 0.446 bits per heavy atom. The number of ether oxygens (including phenoxy) is 6. The van der Waals surface area contributed by atoms with E-state index in [-0.39, 0.29) is 59.5 Å². The average molecular weight is 1550 g/mol. The van der Waals surface area contributed by atoms with Crippen molar-refractivity contribution in [3.8, 4) is 0 Å². The monoisotopic (exact) mass is 1550 g/mol. The second-order valence-electron chi connectivity index (χ2n) is 28.5. The first-order valence-corrected chi connectivity index (χ1v) is 44.6. The molecule has 3 rings (SSSR count). The third-order valence-electron chi connectivity index (χ3n) is 19.0. The molecule has 0 aliphatic rings. The molecule has 3 atom stereocenters. The van der Waals surface area contributed by atoms with Crippen molar-refractivity contribution in [1.82, 2.24) is 0 Å². The lowest BCUT2D eigenvalue weighted by Crippen LogP contribution is -2.29. The second kappa shape index (κ2) is 67.4. The number of hydrogen-bond acceptors (Lipinski definition) is 10. The molecule has 584 valence electrons. The summed E-state index contributed by atoms with van der Waals surface area (Å²) >= 11 is 38.4. The number of halogens is 6. The van der Waals surface area contributed by atoms with Crippen LogP contribution in [0.5, 0.6) is 0 Å². The number of unbranched alkanes of at least 4 members (excludes halogenated alkanes) is 45. The van der Waals surface area contributed by atoms with Crippen LogP contribution in [0, 0.1) is 0 Å². The average Bonchev–Trinajstić information content (AvgIpc) is 0.903. The van der Waals surface area contributed by atoms with E-state index in [2.05, 4.69) is 20.8 Å². The Labute approximate surface area is 647 Å². The van der Waals surface area contributed by atoms with Crippen LogP contribution in [0.3, 0.4) is 0 Å². The summed E-state index contributed by atoms with van der Waals surface area (Å²) in [6.45, 7) is 8.94. The van der Waals surface area contributed by atoms with Crippen molar-refractivity contribution in [2.24, 2.45) is 0 Å². The molecule has 101 heavy (non-hydrogen) atoms. The van der Waals surface area contributed by atoms with Gasteiger partial charge in [-0.15, -0.1) is 0 Å². The van der Waals surface area contributed by atoms with Crippen molar-refractivity contribution in [1.29, 1.82) is 0 Å². The molecule has 0 radical (unpaired) electrons. The lowest BCUT2D eigenvalue weighted by Gasteiger charge is -2.26. The highest BCUT2D eigenvalue weighted by Crippen LogP contribution is 2.50. The molecular formula is C84H141Cl6O10P. The first kappa shape index (κ1) is 94.5. The Bertz CT molecular complexity index is 2150. The number of phosphoric acid groups is 1. The molecule has 0 unspecified atom stereocenters. The van der Waals surface area contributed by atoms with E-state index in [4.69, 9.17) is 112 Å². The SMILES string of the molecule is CCCCCCCCCCCCCCCCCCOC[C@H](COP(=O)(OC[C@@H](COCCCCCCCCCCCCCCCCCC)OCc1ccc(Cl)c(Cl)c1)OC[C@@H](COCCCCCCCCCCCCCCCCCC)OCc1ccc(Cl)c(Cl)c1)OCc1ccc(Cl)c(Cl)c1. The van der Waals surface area contributed by atoms with Crippen LogP contribution in [-0.4, -0.2) is 77.8 Å². The van der Waals surface area contributed by atoms with E-state index < -0.39 is 26.1 Å². The lowest BCUT2D eigenvalue weighted by atomic mass is 10.0. The zero-order valence-electron chi connectivity index (χ0n) is 63.7. The summed E-state index contributed by atoms with van der Waals surface area (Å²) in [7, 11) is -4.47. The maximum Gasteiger partial charge on any atom is 0.475 e. The van der Waals surface area contributed by atoms with Gasteiger partial charge in [0, 0.05) is 19.8 Å². The van der Waals surface area contributed by atoms with Crippen molar-refractivity contribution in [2.45, 2.75) is 367 Å². The Balaban J connectivity index is 1.71. The third-order valence-corrected chi connectivity index (χ3v) is 22.6. The molecule has 0 spiro atoms. The minimum absolute atomic E-state index is 0.169. The molecular weight excluding hydrogens is 1410 g/mol. The molecule has 3 aromatic carbocycles. The number of rotatable bonds is 75. The van der Waals surface area contributed by atoms with E-state index in [1.54, 1.807) is 36.4 Å². The number of benzene rings is 3. The first-order chi connectivity index (χ1) is 49.4. The van der Waals surface area contributed by atoms with Crippen LogP contribution in [0.2, 0.25) is 30.1 Å². The molecule has 17 heteroatoms. The first-order valence-electron chi connectivity index (χ1n) is 40.9. The highest BCUT2D eigenvalue weighted by Gasteiger charge is 2.32. The van der Waals surface area contributed by atoms with Gasteiger partial charge in [0.25, 0.3) is 0 Å². The van der Waals surface area contributed by atoms with Crippen LogP contribution in [0.1, 0.15) is 346 Å². The molecule has 0 saturated heterocycles. The number of phosphoric ester groups is 1. The molecule has 0 aromatic heterocycles. The van der Waals surface area contributed by atoms with Crippen LogP contribution < -0.4 is 0 Å². The molecule has 0 bridgehead atoms. The van der Waals surface area contributed by atoms with Gasteiger partial charge in [0.15, 0.2) is 0 Å². The lowest BCUT2D eigenvalue weighted by molar-refractivity contribution is -0.0745. The maximum atomic E-state index is 15.5. The van der Waals surface area contributed by atoms with Gasteiger partial charge in [0.2, 0.25) is 0 Å². The molecule has 3 aromatic rings. The summed E-state index contributed by atoms with van der Waals surface area (Å²) in [5.41, 5.74) is 2.42. The Kier molecular flexibility index (Phi) is 63.0.